The Hall–Kier alpha value is -2.21. The molecule has 0 bridgehead atoms. The van der Waals surface area contributed by atoms with Crippen LogP contribution in [0.5, 0.6) is 11.5 Å². The number of benzene rings is 2. The second kappa shape index (κ2) is 5.83. The predicted octanol–water partition coefficient (Wildman–Crippen LogP) is 4.35. The Morgan fingerprint density at radius 1 is 1.20 bits per heavy atom. The largest absolute Gasteiger partial charge is 0.449 e. The maximum atomic E-state index is 11.3. The summed E-state index contributed by atoms with van der Waals surface area (Å²) in [6, 6.07) is 11.2. The van der Waals surface area contributed by atoms with Gasteiger partial charge in [-0.05, 0) is 47.1 Å². The molecule has 0 aliphatic heterocycles. The molecule has 0 N–H and O–H groups in total. The quantitative estimate of drug-likeness (QED) is 0.473. The molecule has 0 radical (unpaired) electrons. The zero-order valence-corrected chi connectivity index (χ0v) is 12.1. The molecule has 0 amide bonds. The Kier molecular flexibility index (Phi) is 4.14. The summed E-state index contributed by atoms with van der Waals surface area (Å²) in [5.74, 6) is 0.318. The number of carbonyl (C=O) groups is 1. The molecule has 6 heteroatoms. The summed E-state index contributed by atoms with van der Waals surface area (Å²) in [6.07, 6.45) is 0. The molecule has 0 aliphatic rings. The number of nitrogens with zero attached hydrogens (tertiary/aromatic N) is 1. The first-order chi connectivity index (χ1) is 9.49. The van der Waals surface area contributed by atoms with Crippen LogP contribution in [0.2, 0.25) is 0 Å². The molecular weight excluding hydrogens is 326 g/mol. The highest BCUT2D eigenvalue weighted by atomic mass is 79.9. The molecule has 0 aromatic heterocycles. The van der Waals surface area contributed by atoms with Gasteiger partial charge in [-0.3, -0.25) is 14.9 Å². The minimum Gasteiger partial charge on any atom is -0.449 e. The van der Waals surface area contributed by atoms with Crippen LogP contribution in [0.1, 0.15) is 17.3 Å². The summed E-state index contributed by atoms with van der Waals surface area (Å²) in [6.45, 7) is 1.35. The normalized spacial score (nSPS) is 10.1. The molecule has 0 atom stereocenters. The lowest BCUT2D eigenvalue weighted by atomic mass is 10.1. The molecular formula is C14H10BrNO4. The van der Waals surface area contributed by atoms with Gasteiger partial charge in [0.1, 0.15) is 5.75 Å². The van der Waals surface area contributed by atoms with Gasteiger partial charge in [-0.25, -0.2) is 0 Å². The maximum absolute atomic E-state index is 11.3. The lowest BCUT2D eigenvalue weighted by Crippen LogP contribution is -1.98. The van der Waals surface area contributed by atoms with Crippen molar-refractivity contribution in [1.29, 1.82) is 0 Å². The SMILES string of the molecule is CC(=O)c1ccc(Oc2ccccc2Br)c([N+](=O)[O-])c1. The topological polar surface area (TPSA) is 69.4 Å². The number of ketones is 1. The van der Waals surface area contributed by atoms with Crippen LogP contribution in [-0.2, 0) is 0 Å². The van der Waals surface area contributed by atoms with Gasteiger partial charge in [0.15, 0.2) is 5.78 Å². The number of halogens is 1. The summed E-state index contributed by atoms with van der Waals surface area (Å²) in [7, 11) is 0. The van der Waals surface area contributed by atoms with Gasteiger partial charge in [-0.15, -0.1) is 0 Å². The summed E-state index contributed by atoms with van der Waals surface area (Å²) in [4.78, 5) is 21.8. The summed E-state index contributed by atoms with van der Waals surface area (Å²) in [5, 5.41) is 11.1. The zero-order chi connectivity index (χ0) is 14.7. The number of hydrogen-bond donors (Lipinski definition) is 0. The fourth-order valence-corrected chi connectivity index (χ4v) is 1.98. The van der Waals surface area contributed by atoms with Gasteiger partial charge < -0.3 is 4.74 Å². The molecule has 5 nitrogen and oxygen atoms in total. The molecule has 0 unspecified atom stereocenters. The number of Topliss-reactive ketones (excluding diaryl/α,β-unsaturated/α-hetero) is 1. The molecule has 0 fully saturated rings. The Morgan fingerprint density at radius 2 is 1.90 bits per heavy atom. The lowest BCUT2D eigenvalue weighted by molar-refractivity contribution is -0.385. The van der Waals surface area contributed by atoms with Gasteiger partial charge in [-0.1, -0.05) is 12.1 Å². The number of para-hydroxylation sites is 1. The highest BCUT2D eigenvalue weighted by molar-refractivity contribution is 9.10. The molecule has 2 aromatic rings. The molecule has 0 spiro atoms. The predicted molar refractivity (Wildman–Crippen MR) is 77.3 cm³/mol. The summed E-state index contributed by atoms with van der Waals surface area (Å²) < 4.78 is 6.22. The lowest BCUT2D eigenvalue weighted by Gasteiger charge is -2.08. The van der Waals surface area contributed by atoms with Crippen molar-refractivity contribution in [1.82, 2.24) is 0 Å². The standard InChI is InChI=1S/C14H10BrNO4/c1-9(17)10-6-7-14(12(8-10)16(18)19)20-13-5-3-2-4-11(13)15/h2-8H,1H3. The number of nitro benzene ring substituents is 1. The Bertz CT molecular complexity index is 685. The van der Waals surface area contributed by atoms with Crippen LogP contribution in [0.15, 0.2) is 46.9 Å². The van der Waals surface area contributed by atoms with Crippen molar-refractivity contribution in [3.63, 3.8) is 0 Å². The van der Waals surface area contributed by atoms with Crippen molar-refractivity contribution in [3.05, 3.63) is 62.6 Å². The van der Waals surface area contributed by atoms with E-state index in [-0.39, 0.29) is 22.8 Å². The van der Waals surface area contributed by atoms with Gasteiger partial charge in [0.05, 0.1) is 9.40 Å². The third-order valence-electron chi connectivity index (χ3n) is 2.62. The third kappa shape index (κ3) is 3.03. The molecule has 2 aromatic carbocycles. The first kappa shape index (κ1) is 14.2. The minimum absolute atomic E-state index is 0.0897. The van der Waals surface area contributed by atoms with Crippen molar-refractivity contribution >= 4 is 27.4 Å². The highest BCUT2D eigenvalue weighted by Gasteiger charge is 2.18. The smallest absolute Gasteiger partial charge is 0.312 e. The van der Waals surface area contributed by atoms with Gasteiger partial charge in [0.25, 0.3) is 0 Å². The van der Waals surface area contributed by atoms with E-state index in [4.69, 9.17) is 4.74 Å². The van der Waals surface area contributed by atoms with Crippen molar-refractivity contribution in [2.45, 2.75) is 6.92 Å². The van der Waals surface area contributed by atoms with E-state index < -0.39 is 4.92 Å². The number of nitro groups is 1. The monoisotopic (exact) mass is 335 g/mol. The fourth-order valence-electron chi connectivity index (χ4n) is 1.61. The Labute approximate surface area is 123 Å². The van der Waals surface area contributed by atoms with Crippen LogP contribution in [0.3, 0.4) is 0 Å². The Morgan fingerprint density at radius 3 is 2.50 bits per heavy atom. The van der Waals surface area contributed by atoms with Gasteiger partial charge >= 0.3 is 5.69 Å². The van der Waals surface area contributed by atoms with E-state index in [9.17, 15) is 14.9 Å². The molecule has 2 rings (SSSR count). The van der Waals surface area contributed by atoms with Crippen LogP contribution in [0.25, 0.3) is 0 Å². The van der Waals surface area contributed by atoms with Crippen molar-refractivity contribution in [2.24, 2.45) is 0 Å². The summed E-state index contributed by atoms with van der Waals surface area (Å²) in [5.41, 5.74) is 0.0321. The molecule has 0 saturated carbocycles. The fraction of sp³-hybridized carbons (Fsp3) is 0.0714. The maximum Gasteiger partial charge on any atom is 0.312 e. The van der Waals surface area contributed by atoms with Crippen molar-refractivity contribution in [2.75, 3.05) is 0 Å². The molecule has 102 valence electrons. The van der Waals surface area contributed by atoms with Crippen LogP contribution < -0.4 is 4.74 Å². The van der Waals surface area contributed by atoms with Crippen molar-refractivity contribution < 1.29 is 14.5 Å². The van der Waals surface area contributed by atoms with Crippen LogP contribution >= 0.6 is 15.9 Å². The van der Waals surface area contributed by atoms with E-state index >= 15 is 0 Å². The molecule has 20 heavy (non-hydrogen) atoms. The number of rotatable bonds is 4. The first-order valence-electron chi connectivity index (χ1n) is 5.71. The van der Waals surface area contributed by atoms with Crippen LogP contribution in [-0.4, -0.2) is 10.7 Å². The second-order valence-electron chi connectivity index (χ2n) is 4.03. The average molecular weight is 336 g/mol. The third-order valence-corrected chi connectivity index (χ3v) is 3.27. The van der Waals surface area contributed by atoms with Gasteiger partial charge in [0.2, 0.25) is 5.75 Å². The van der Waals surface area contributed by atoms with E-state index in [1.165, 1.54) is 25.1 Å². The average Bonchev–Trinajstić information content (AvgIpc) is 2.41. The van der Waals surface area contributed by atoms with Crippen LogP contribution in [0.4, 0.5) is 5.69 Å². The minimum atomic E-state index is -0.571. The van der Waals surface area contributed by atoms with Crippen molar-refractivity contribution in [3.8, 4) is 11.5 Å². The number of hydrogen-bond acceptors (Lipinski definition) is 4. The number of carbonyl (C=O) groups excluding carboxylic acids is 1. The second-order valence-corrected chi connectivity index (χ2v) is 4.88. The molecule has 0 saturated heterocycles. The van der Waals surface area contributed by atoms with E-state index in [1.54, 1.807) is 18.2 Å². The van der Waals surface area contributed by atoms with Crippen LogP contribution in [0, 0.1) is 10.1 Å². The van der Waals surface area contributed by atoms with E-state index in [0.29, 0.717) is 10.2 Å². The van der Waals surface area contributed by atoms with E-state index in [1.807, 2.05) is 6.07 Å². The zero-order valence-electron chi connectivity index (χ0n) is 10.5. The van der Waals surface area contributed by atoms with E-state index in [2.05, 4.69) is 15.9 Å². The molecule has 0 heterocycles. The van der Waals surface area contributed by atoms with E-state index in [0.717, 1.165) is 0 Å². The summed E-state index contributed by atoms with van der Waals surface area (Å²) >= 11 is 3.30. The highest BCUT2D eigenvalue weighted by Crippen LogP contribution is 2.35. The molecule has 0 aliphatic carbocycles. The first-order valence-corrected chi connectivity index (χ1v) is 6.50. The van der Waals surface area contributed by atoms with Gasteiger partial charge in [-0.2, -0.15) is 0 Å². The Balaban J connectivity index is 2.44. The number of ether oxygens (including phenoxy) is 1. The van der Waals surface area contributed by atoms with Gasteiger partial charge in [0, 0.05) is 11.6 Å².